The van der Waals surface area contributed by atoms with Crippen molar-refractivity contribution >= 4 is 23.1 Å². The summed E-state index contributed by atoms with van der Waals surface area (Å²) >= 11 is 0. The molecule has 6 heteroatoms. The Morgan fingerprint density at radius 3 is 2.11 bits per heavy atom. The molecule has 2 amide bonds. The van der Waals surface area contributed by atoms with Gasteiger partial charge in [-0.15, -0.1) is 0 Å². The highest BCUT2D eigenvalue weighted by atomic mass is 16.6. The maximum atomic E-state index is 11.5. The molecule has 2 N–H and O–H groups in total. The lowest BCUT2D eigenvalue weighted by Crippen LogP contribution is -2.31. The summed E-state index contributed by atoms with van der Waals surface area (Å²) in [6.45, 7) is 0. The Balaban J connectivity index is 2.40. The van der Waals surface area contributed by atoms with E-state index in [-0.39, 0.29) is 5.69 Å². The highest BCUT2D eigenvalue weighted by Crippen LogP contribution is 2.26. The highest BCUT2D eigenvalue weighted by molar-refractivity contribution is 5.98. The summed E-state index contributed by atoms with van der Waals surface area (Å²) in [5.74, 6) is 0. The molecule has 0 saturated heterocycles. The largest absolute Gasteiger partial charge is 0.351 e. The second kappa shape index (κ2) is 5.18. The number of rotatable bonds is 3. The van der Waals surface area contributed by atoms with Gasteiger partial charge in [0.1, 0.15) is 0 Å². The number of carbonyl (C=O) groups is 1. The Morgan fingerprint density at radius 2 is 1.63 bits per heavy atom. The van der Waals surface area contributed by atoms with Gasteiger partial charge in [-0.05, 0) is 30.3 Å². The molecule has 6 nitrogen and oxygen atoms in total. The van der Waals surface area contributed by atoms with Crippen LogP contribution in [0.5, 0.6) is 0 Å². The van der Waals surface area contributed by atoms with Crippen LogP contribution < -0.4 is 10.6 Å². The molecule has 0 atom stereocenters. The van der Waals surface area contributed by atoms with Crippen molar-refractivity contribution in [2.75, 3.05) is 4.90 Å². The van der Waals surface area contributed by atoms with Crippen LogP contribution in [-0.2, 0) is 0 Å². The second-order valence-corrected chi connectivity index (χ2v) is 3.71. The molecule has 0 fully saturated rings. The molecule has 0 aromatic heterocycles. The third-order valence-corrected chi connectivity index (χ3v) is 2.50. The number of nitrogens with zero attached hydrogens (tertiary/aromatic N) is 2. The van der Waals surface area contributed by atoms with E-state index in [1.165, 1.54) is 29.2 Å². The van der Waals surface area contributed by atoms with Gasteiger partial charge in [-0.25, -0.2) is 4.79 Å². The molecule has 0 aliphatic carbocycles. The minimum absolute atomic E-state index is 0.0467. The maximum absolute atomic E-state index is 11.5. The monoisotopic (exact) mass is 256 g/mol. The molecular formula is C13H10N3O3. The number of nitro groups is 1. The first kappa shape index (κ1) is 12.6. The third kappa shape index (κ3) is 2.68. The van der Waals surface area contributed by atoms with Crippen LogP contribution in [0.1, 0.15) is 0 Å². The summed E-state index contributed by atoms with van der Waals surface area (Å²) in [5.41, 5.74) is 6.33. The van der Waals surface area contributed by atoms with E-state index in [9.17, 15) is 14.9 Å². The molecule has 19 heavy (non-hydrogen) atoms. The second-order valence-electron chi connectivity index (χ2n) is 3.71. The fraction of sp³-hybridized carbons (Fsp3) is 0. The van der Waals surface area contributed by atoms with Crippen molar-refractivity contribution in [3.05, 3.63) is 64.7 Å². The van der Waals surface area contributed by atoms with Gasteiger partial charge in [0.25, 0.3) is 5.69 Å². The molecule has 2 rings (SSSR count). The van der Waals surface area contributed by atoms with Crippen LogP contribution in [-0.4, -0.2) is 11.0 Å². The van der Waals surface area contributed by atoms with E-state index in [1.807, 2.05) is 0 Å². The number of nitrogens with two attached hydrogens (primary N) is 1. The van der Waals surface area contributed by atoms with E-state index in [2.05, 4.69) is 6.07 Å². The lowest BCUT2D eigenvalue weighted by Gasteiger charge is -2.20. The van der Waals surface area contributed by atoms with Gasteiger partial charge in [-0.3, -0.25) is 15.0 Å². The Labute approximate surface area is 109 Å². The van der Waals surface area contributed by atoms with Gasteiger partial charge >= 0.3 is 6.03 Å². The number of amides is 2. The van der Waals surface area contributed by atoms with Gasteiger partial charge in [0, 0.05) is 12.1 Å². The Bertz CT molecular complexity index is 596. The first-order valence-electron chi connectivity index (χ1n) is 5.40. The number of primary amides is 1. The summed E-state index contributed by atoms with van der Waals surface area (Å²) in [5, 5.41) is 10.6. The minimum Gasteiger partial charge on any atom is -0.351 e. The van der Waals surface area contributed by atoms with Crippen molar-refractivity contribution in [1.82, 2.24) is 0 Å². The Morgan fingerprint density at radius 1 is 1.11 bits per heavy atom. The van der Waals surface area contributed by atoms with Gasteiger partial charge in [0.05, 0.1) is 16.3 Å². The minimum atomic E-state index is -0.667. The summed E-state index contributed by atoms with van der Waals surface area (Å²) in [7, 11) is 0. The Kier molecular flexibility index (Phi) is 3.42. The first-order chi connectivity index (χ1) is 9.09. The third-order valence-electron chi connectivity index (χ3n) is 2.50. The fourth-order valence-corrected chi connectivity index (χ4v) is 1.65. The molecule has 0 bridgehead atoms. The average molecular weight is 256 g/mol. The van der Waals surface area contributed by atoms with Crippen molar-refractivity contribution in [2.45, 2.75) is 0 Å². The molecule has 2 aromatic rings. The number of benzene rings is 2. The topological polar surface area (TPSA) is 89.5 Å². The molecule has 0 aliphatic heterocycles. The molecule has 0 aliphatic rings. The predicted octanol–water partition coefficient (Wildman–Crippen LogP) is 2.61. The van der Waals surface area contributed by atoms with E-state index in [0.717, 1.165) is 0 Å². The van der Waals surface area contributed by atoms with Crippen LogP contribution in [0.3, 0.4) is 0 Å². The van der Waals surface area contributed by atoms with Crippen molar-refractivity contribution < 1.29 is 9.72 Å². The summed E-state index contributed by atoms with van der Waals surface area (Å²) in [6.07, 6.45) is 0. The number of urea groups is 1. The average Bonchev–Trinajstić information content (AvgIpc) is 2.40. The van der Waals surface area contributed by atoms with Crippen LogP contribution in [0.15, 0.2) is 48.5 Å². The molecule has 0 spiro atoms. The first-order valence-corrected chi connectivity index (χ1v) is 5.40. The van der Waals surface area contributed by atoms with Crippen LogP contribution >= 0.6 is 0 Å². The van der Waals surface area contributed by atoms with E-state index in [1.54, 1.807) is 24.3 Å². The van der Waals surface area contributed by atoms with Crippen molar-refractivity contribution in [3.8, 4) is 0 Å². The standard InChI is InChI=1S/C13H10N3O3/c14-13(17)15(10-4-2-1-3-5-10)11-6-8-12(9-7-11)16(18)19/h2-9H,(H2,14,17). The van der Waals surface area contributed by atoms with E-state index in [4.69, 9.17) is 5.73 Å². The van der Waals surface area contributed by atoms with E-state index in [0.29, 0.717) is 11.4 Å². The van der Waals surface area contributed by atoms with Gasteiger partial charge in [-0.2, -0.15) is 0 Å². The summed E-state index contributed by atoms with van der Waals surface area (Å²) < 4.78 is 0. The normalized spacial score (nSPS) is 9.89. The van der Waals surface area contributed by atoms with Crippen LogP contribution in [0.25, 0.3) is 0 Å². The number of anilines is 2. The zero-order chi connectivity index (χ0) is 13.8. The molecule has 1 radical (unpaired) electrons. The van der Waals surface area contributed by atoms with Gasteiger partial charge < -0.3 is 5.73 Å². The molecule has 2 aromatic carbocycles. The van der Waals surface area contributed by atoms with Crippen LogP contribution in [0.4, 0.5) is 21.9 Å². The summed E-state index contributed by atoms with van der Waals surface area (Å²) in [6, 6.07) is 14.4. The number of non-ortho nitro benzene ring substituents is 1. The van der Waals surface area contributed by atoms with Gasteiger partial charge in [0.2, 0.25) is 0 Å². The molecule has 0 saturated carbocycles. The van der Waals surface area contributed by atoms with Crippen molar-refractivity contribution in [3.63, 3.8) is 0 Å². The quantitative estimate of drug-likeness (QED) is 0.676. The smallest absolute Gasteiger partial charge is 0.323 e. The van der Waals surface area contributed by atoms with Crippen molar-refractivity contribution in [2.24, 2.45) is 5.73 Å². The zero-order valence-electron chi connectivity index (χ0n) is 9.82. The number of carbonyl (C=O) groups excluding carboxylic acids is 1. The number of hydrogen-bond acceptors (Lipinski definition) is 3. The highest BCUT2D eigenvalue weighted by Gasteiger charge is 2.15. The van der Waals surface area contributed by atoms with Gasteiger partial charge in [-0.1, -0.05) is 12.1 Å². The lowest BCUT2D eigenvalue weighted by molar-refractivity contribution is -0.384. The molecule has 0 heterocycles. The maximum Gasteiger partial charge on any atom is 0.323 e. The lowest BCUT2D eigenvalue weighted by atomic mass is 10.2. The summed E-state index contributed by atoms with van der Waals surface area (Å²) in [4.78, 5) is 22.9. The zero-order valence-corrected chi connectivity index (χ0v) is 9.82. The molecule has 0 unspecified atom stereocenters. The molecular weight excluding hydrogens is 246 g/mol. The number of hydrogen-bond donors (Lipinski definition) is 1. The van der Waals surface area contributed by atoms with Gasteiger partial charge in [0.15, 0.2) is 0 Å². The SMILES string of the molecule is NC(=O)N(c1cc[c]cc1)c1ccc([N+](=O)[O-])cc1. The molecule has 95 valence electrons. The van der Waals surface area contributed by atoms with Crippen LogP contribution in [0.2, 0.25) is 0 Å². The van der Waals surface area contributed by atoms with E-state index < -0.39 is 11.0 Å². The Hall–Kier alpha value is -2.89. The van der Waals surface area contributed by atoms with Crippen LogP contribution in [0, 0.1) is 16.2 Å². The predicted molar refractivity (Wildman–Crippen MR) is 70.1 cm³/mol. The number of nitro benzene ring substituents is 1. The fourth-order valence-electron chi connectivity index (χ4n) is 1.65. The van der Waals surface area contributed by atoms with E-state index >= 15 is 0 Å². The van der Waals surface area contributed by atoms with Crippen molar-refractivity contribution in [1.29, 1.82) is 0 Å².